The lowest BCUT2D eigenvalue weighted by atomic mass is 9.99. The summed E-state index contributed by atoms with van der Waals surface area (Å²) in [6, 6.07) is 2.83. The Balaban J connectivity index is 2.54. The average molecular weight is 231 g/mol. The third-order valence-corrected chi connectivity index (χ3v) is 2.52. The Kier molecular flexibility index (Phi) is 2.31. The summed E-state index contributed by atoms with van der Waals surface area (Å²) in [4.78, 5) is 10.6. The van der Waals surface area contributed by atoms with Crippen molar-refractivity contribution in [2.45, 2.75) is 12.6 Å². The predicted molar refractivity (Wildman–Crippen MR) is 52.1 cm³/mol. The van der Waals surface area contributed by atoms with Gasteiger partial charge in [-0.15, -0.1) is 0 Å². The van der Waals surface area contributed by atoms with E-state index in [1.54, 1.807) is 0 Å². The van der Waals surface area contributed by atoms with Gasteiger partial charge in [-0.1, -0.05) is 11.6 Å². The summed E-state index contributed by atoms with van der Waals surface area (Å²) >= 11 is 5.84. The molecule has 1 unspecified atom stereocenters. The second-order valence-corrected chi connectivity index (χ2v) is 3.79. The number of ether oxygens (including phenoxy) is 2. The van der Waals surface area contributed by atoms with Gasteiger partial charge in [-0.3, -0.25) is 4.79 Å². The van der Waals surface area contributed by atoms with Crippen molar-refractivity contribution in [2.75, 3.05) is 6.79 Å². The Bertz CT molecular complexity index is 417. The SMILES string of the molecule is CC(F)(C=O)c1cc2c(cc1Cl)OCO2. The zero-order valence-corrected chi connectivity index (χ0v) is 8.68. The first-order chi connectivity index (χ1) is 7.04. The number of hydrogen-bond donors (Lipinski definition) is 0. The number of benzene rings is 1. The highest BCUT2D eigenvalue weighted by Crippen LogP contribution is 2.41. The highest BCUT2D eigenvalue weighted by molar-refractivity contribution is 6.31. The topological polar surface area (TPSA) is 35.5 Å². The molecule has 0 aliphatic carbocycles. The van der Waals surface area contributed by atoms with Crippen molar-refractivity contribution in [3.8, 4) is 11.5 Å². The van der Waals surface area contributed by atoms with Crippen molar-refractivity contribution in [3.63, 3.8) is 0 Å². The standard InChI is InChI=1S/C10H8ClFO3/c1-10(12,4-13)6-2-8-9(3-7(6)11)15-5-14-8/h2-4H,5H2,1H3. The Hall–Kier alpha value is -1.29. The van der Waals surface area contributed by atoms with E-state index in [9.17, 15) is 9.18 Å². The normalized spacial score (nSPS) is 17.3. The number of hydrogen-bond acceptors (Lipinski definition) is 3. The molecule has 15 heavy (non-hydrogen) atoms. The predicted octanol–water partition coefficient (Wildman–Crippen LogP) is 2.45. The van der Waals surface area contributed by atoms with Crippen molar-refractivity contribution >= 4 is 17.9 Å². The molecule has 0 N–H and O–H groups in total. The van der Waals surface area contributed by atoms with E-state index in [4.69, 9.17) is 21.1 Å². The van der Waals surface area contributed by atoms with Crippen LogP contribution in [0.15, 0.2) is 12.1 Å². The molecule has 80 valence electrons. The largest absolute Gasteiger partial charge is 0.454 e. The van der Waals surface area contributed by atoms with Crippen LogP contribution in [-0.2, 0) is 10.5 Å². The summed E-state index contributed by atoms with van der Waals surface area (Å²) < 4.78 is 23.9. The highest BCUT2D eigenvalue weighted by atomic mass is 35.5. The van der Waals surface area contributed by atoms with E-state index in [0.717, 1.165) is 6.92 Å². The number of halogens is 2. The van der Waals surface area contributed by atoms with Crippen LogP contribution >= 0.6 is 11.6 Å². The first-order valence-corrected chi connectivity index (χ1v) is 4.67. The molecule has 0 saturated carbocycles. The average Bonchev–Trinajstić information content (AvgIpc) is 2.63. The lowest BCUT2D eigenvalue weighted by Gasteiger charge is -2.15. The van der Waals surface area contributed by atoms with Gasteiger partial charge >= 0.3 is 0 Å². The van der Waals surface area contributed by atoms with Crippen LogP contribution < -0.4 is 9.47 Å². The van der Waals surface area contributed by atoms with Crippen LogP contribution in [0.3, 0.4) is 0 Å². The van der Waals surface area contributed by atoms with Gasteiger partial charge in [0.25, 0.3) is 0 Å². The molecule has 0 bridgehead atoms. The molecule has 1 atom stereocenters. The lowest BCUT2D eigenvalue weighted by molar-refractivity contribution is -0.117. The van der Waals surface area contributed by atoms with Gasteiger partial charge in [0.05, 0.1) is 5.02 Å². The molecule has 0 fully saturated rings. The number of carbonyl (C=O) groups excluding carboxylic acids is 1. The molecular weight excluding hydrogens is 223 g/mol. The highest BCUT2D eigenvalue weighted by Gasteiger charge is 2.30. The Morgan fingerprint density at radius 3 is 2.67 bits per heavy atom. The number of fused-ring (bicyclic) bond motifs is 1. The second kappa shape index (κ2) is 3.38. The van der Waals surface area contributed by atoms with Gasteiger partial charge in [-0.05, 0) is 13.0 Å². The van der Waals surface area contributed by atoms with E-state index in [1.165, 1.54) is 12.1 Å². The molecule has 1 aliphatic rings. The maximum atomic E-state index is 13.7. The Labute approximate surface area is 90.7 Å². The van der Waals surface area contributed by atoms with Crippen LogP contribution in [0, 0.1) is 0 Å². The van der Waals surface area contributed by atoms with Crippen LogP contribution in [-0.4, -0.2) is 13.1 Å². The van der Waals surface area contributed by atoms with E-state index in [1.807, 2.05) is 0 Å². The molecule has 0 saturated heterocycles. The van der Waals surface area contributed by atoms with Crippen molar-refractivity contribution in [1.29, 1.82) is 0 Å². The molecule has 0 radical (unpaired) electrons. The molecular formula is C10H8ClFO3. The van der Waals surface area contributed by atoms with Crippen molar-refractivity contribution in [1.82, 2.24) is 0 Å². The van der Waals surface area contributed by atoms with Crippen molar-refractivity contribution in [2.24, 2.45) is 0 Å². The van der Waals surface area contributed by atoms with Gasteiger partial charge in [0.2, 0.25) is 6.79 Å². The van der Waals surface area contributed by atoms with Crippen LogP contribution in [0.25, 0.3) is 0 Å². The zero-order chi connectivity index (χ0) is 11.1. The molecule has 0 spiro atoms. The van der Waals surface area contributed by atoms with Gasteiger partial charge in [0.1, 0.15) is 0 Å². The minimum atomic E-state index is -2.11. The molecule has 0 aromatic heterocycles. The minimum Gasteiger partial charge on any atom is -0.454 e. The van der Waals surface area contributed by atoms with Crippen LogP contribution in [0.2, 0.25) is 5.02 Å². The smallest absolute Gasteiger partial charge is 0.231 e. The summed E-state index contributed by atoms with van der Waals surface area (Å²) in [7, 11) is 0. The van der Waals surface area contributed by atoms with Gasteiger partial charge in [0, 0.05) is 11.6 Å². The maximum absolute atomic E-state index is 13.7. The third-order valence-electron chi connectivity index (χ3n) is 2.21. The van der Waals surface area contributed by atoms with Crippen molar-refractivity contribution in [3.05, 3.63) is 22.7 Å². The van der Waals surface area contributed by atoms with Gasteiger partial charge in [0.15, 0.2) is 23.5 Å². The van der Waals surface area contributed by atoms with E-state index >= 15 is 0 Å². The molecule has 3 nitrogen and oxygen atoms in total. The van der Waals surface area contributed by atoms with Gasteiger partial charge in [-0.25, -0.2) is 4.39 Å². The molecule has 1 aromatic carbocycles. The number of alkyl halides is 1. The fourth-order valence-corrected chi connectivity index (χ4v) is 1.69. The summed E-state index contributed by atoms with van der Waals surface area (Å²) in [5, 5.41) is 0.149. The van der Waals surface area contributed by atoms with E-state index in [-0.39, 0.29) is 23.7 Å². The minimum absolute atomic E-state index is 0.0825. The van der Waals surface area contributed by atoms with Crippen LogP contribution in [0.4, 0.5) is 4.39 Å². The molecule has 5 heteroatoms. The van der Waals surface area contributed by atoms with Gasteiger partial charge in [-0.2, -0.15) is 0 Å². The maximum Gasteiger partial charge on any atom is 0.231 e. The van der Waals surface area contributed by atoms with Crippen LogP contribution in [0.1, 0.15) is 12.5 Å². The Morgan fingerprint density at radius 2 is 2.07 bits per heavy atom. The van der Waals surface area contributed by atoms with Crippen molar-refractivity contribution < 1.29 is 18.7 Å². The van der Waals surface area contributed by atoms with E-state index in [2.05, 4.69) is 0 Å². The zero-order valence-electron chi connectivity index (χ0n) is 7.92. The molecule has 0 amide bonds. The van der Waals surface area contributed by atoms with E-state index in [0.29, 0.717) is 11.5 Å². The molecule has 1 aliphatic heterocycles. The quantitative estimate of drug-likeness (QED) is 0.732. The third kappa shape index (κ3) is 1.65. The first-order valence-electron chi connectivity index (χ1n) is 4.29. The summed E-state index contributed by atoms with van der Waals surface area (Å²) in [6.07, 6.45) is 0.205. The summed E-state index contributed by atoms with van der Waals surface area (Å²) in [5.74, 6) is 0.866. The second-order valence-electron chi connectivity index (χ2n) is 3.38. The number of aldehydes is 1. The fraction of sp³-hybridized carbons (Fsp3) is 0.300. The monoisotopic (exact) mass is 230 g/mol. The summed E-state index contributed by atoms with van der Waals surface area (Å²) in [6.45, 7) is 1.22. The molecule has 2 rings (SSSR count). The van der Waals surface area contributed by atoms with E-state index < -0.39 is 5.67 Å². The van der Waals surface area contributed by atoms with Gasteiger partial charge < -0.3 is 9.47 Å². The Morgan fingerprint density at radius 1 is 1.47 bits per heavy atom. The number of rotatable bonds is 2. The fourth-order valence-electron chi connectivity index (χ4n) is 1.36. The lowest BCUT2D eigenvalue weighted by Crippen LogP contribution is -2.17. The number of carbonyl (C=O) groups is 1. The molecule has 1 heterocycles. The molecule has 1 aromatic rings. The van der Waals surface area contributed by atoms with Crippen LogP contribution in [0.5, 0.6) is 11.5 Å². The summed E-state index contributed by atoms with van der Waals surface area (Å²) in [5.41, 5.74) is -2.03. The first kappa shape index (κ1) is 10.2.